The van der Waals surface area contributed by atoms with Gasteiger partial charge in [-0.2, -0.15) is 26.3 Å². The summed E-state index contributed by atoms with van der Waals surface area (Å²) in [6, 6.07) is 16.6. The number of aryl methyl sites for hydroxylation is 1. The molecule has 4 rings (SSSR count). The number of halogens is 8. The lowest BCUT2D eigenvalue weighted by molar-refractivity contribution is -0.138. The maximum absolute atomic E-state index is 12.4. The van der Waals surface area contributed by atoms with E-state index in [0.29, 0.717) is 33.8 Å². The molecule has 0 N–H and O–H groups in total. The van der Waals surface area contributed by atoms with Gasteiger partial charge in [-0.25, -0.2) is 4.98 Å². The molecule has 0 saturated carbocycles. The SMILES string of the molecule is Cc1nc(-c2ccc(C(F)(F)F)cc2)sc1CCl.FC(F)(F)c1ccc(Oc2ccc(CCl)cc2)cc1. The van der Waals surface area contributed by atoms with E-state index in [9.17, 15) is 26.3 Å². The molecule has 4 aromatic rings. The Balaban J connectivity index is 0.000000206. The zero-order valence-electron chi connectivity index (χ0n) is 19.1. The fourth-order valence-corrected chi connectivity index (χ4v) is 4.42. The highest BCUT2D eigenvalue weighted by atomic mass is 35.5. The zero-order valence-corrected chi connectivity index (χ0v) is 21.5. The van der Waals surface area contributed by atoms with Gasteiger partial charge < -0.3 is 4.74 Å². The van der Waals surface area contributed by atoms with Crippen molar-refractivity contribution in [2.24, 2.45) is 0 Å². The van der Waals surface area contributed by atoms with Crippen molar-refractivity contribution in [2.75, 3.05) is 0 Å². The van der Waals surface area contributed by atoms with Gasteiger partial charge in [0.1, 0.15) is 16.5 Å². The minimum atomic E-state index is -4.33. The molecule has 3 aromatic carbocycles. The topological polar surface area (TPSA) is 22.1 Å². The van der Waals surface area contributed by atoms with E-state index >= 15 is 0 Å². The average molecular weight is 578 g/mol. The summed E-state index contributed by atoms with van der Waals surface area (Å²) in [7, 11) is 0. The Hall–Kier alpha value is -2.75. The number of aromatic nitrogens is 1. The molecule has 0 amide bonds. The Morgan fingerprint density at radius 1 is 0.703 bits per heavy atom. The Bertz CT molecular complexity index is 1290. The van der Waals surface area contributed by atoms with Gasteiger partial charge in [0, 0.05) is 16.3 Å². The molecule has 0 aliphatic carbocycles. The number of benzene rings is 3. The van der Waals surface area contributed by atoms with Crippen LogP contribution in [0.25, 0.3) is 10.6 Å². The van der Waals surface area contributed by atoms with Gasteiger partial charge in [0.05, 0.1) is 22.7 Å². The van der Waals surface area contributed by atoms with Crippen molar-refractivity contribution >= 4 is 34.5 Å². The van der Waals surface area contributed by atoms with Crippen molar-refractivity contribution in [3.63, 3.8) is 0 Å². The molecule has 37 heavy (non-hydrogen) atoms. The Morgan fingerprint density at radius 3 is 1.57 bits per heavy atom. The van der Waals surface area contributed by atoms with Gasteiger partial charge in [-0.3, -0.25) is 0 Å². The van der Waals surface area contributed by atoms with Gasteiger partial charge in [-0.15, -0.1) is 34.5 Å². The molecule has 0 spiro atoms. The lowest BCUT2D eigenvalue weighted by Crippen LogP contribution is -2.03. The number of nitrogens with zero attached hydrogens (tertiary/aromatic N) is 1. The van der Waals surface area contributed by atoms with Crippen LogP contribution in [0.1, 0.15) is 27.3 Å². The van der Waals surface area contributed by atoms with E-state index in [0.717, 1.165) is 40.4 Å². The summed E-state index contributed by atoms with van der Waals surface area (Å²) in [6.45, 7) is 1.84. The normalized spacial score (nSPS) is 11.6. The van der Waals surface area contributed by atoms with Gasteiger partial charge >= 0.3 is 12.4 Å². The van der Waals surface area contributed by atoms with Crippen molar-refractivity contribution in [3.8, 4) is 22.1 Å². The van der Waals surface area contributed by atoms with Crippen molar-refractivity contribution in [1.29, 1.82) is 0 Å². The van der Waals surface area contributed by atoms with Crippen LogP contribution >= 0.6 is 34.5 Å². The van der Waals surface area contributed by atoms with Crippen LogP contribution in [-0.4, -0.2) is 4.98 Å². The van der Waals surface area contributed by atoms with Crippen LogP contribution in [0.15, 0.2) is 72.8 Å². The molecule has 1 heterocycles. The zero-order chi connectivity index (χ0) is 27.2. The molecule has 2 nitrogen and oxygen atoms in total. The first-order valence-electron chi connectivity index (χ1n) is 10.6. The summed E-state index contributed by atoms with van der Waals surface area (Å²) >= 11 is 12.8. The second kappa shape index (κ2) is 12.2. The fraction of sp³-hybridized carbons (Fsp3) is 0.192. The minimum Gasteiger partial charge on any atom is -0.457 e. The summed E-state index contributed by atoms with van der Waals surface area (Å²) in [5.74, 6) is 1.67. The van der Waals surface area contributed by atoms with E-state index in [-0.39, 0.29) is 0 Å². The average Bonchev–Trinajstić information content (AvgIpc) is 3.25. The molecule has 0 fully saturated rings. The summed E-state index contributed by atoms with van der Waals surface area (Å²) in [5, 5.41) is 0.692. The second-order valence-corrected chi connectivity index (χ2v) is 9.26. The summed E-state index contributed by atoms with van der Waals surface area (Å²) < 4.78 is 79.8. The molecule has 0 bridgehead atoms. The minimum absolute atomic E-state index is 0.353. The van der Waals surface area contributed by atoms with Gasteiger partial charge in [0.25, 0.3) is 0 Å². The molecular formula is C26H19Cl2F6NOS. The molecule has 0 atom stereocenters. The van der Waals surface area contributed by atoms with E-state index < -0.39 is 23.5 Å². The highest BCUT2D eigenvalue weighted by molar-refractivity contribution is 7.15. The van der Waals surface area contributed by atoms with E-state index in [1.807, 2.05) is 6.92 Å². The predicted octanol–water partition coefficient (Wildman–Crippen LogP) is 10.1. The smallest absolute Gasteiger partial charge is 0.416 e. The monoisotopic (exact) mass is 577 g/mol. The number of thiazole rings is 1. The third-order valence-corrected chi connectivity index (χ3v) is 6.91. The maximum Gasteiger partial charge on any atom is 0.416 e. The van der Waals surface area contributed by atoms with Gasteiger partial charge in [0.15, 0.2) is 0 Å². The van der Waals surface area contributed by atoms with Crippen LogP contribution in [-0.2, 0) is 24.1 Å². The third-order valence-electron chi connectivity index (χ3n) is 4.97. The van der Waals surface area contributed by atoms with Crippen LogP contribution in [0.3, 0.4) is 0 Å². The second-order valence-electron chi connectivity index (χ2n) is 7.64. The predicted molar refractivity (Wildman–Crippen MR) is 134 cm³/mol. The lowest BCUT2D eigenvalue weighted by Gasteiger charge is -2.09. The van der Waals surface area contributed by atoms with Crippen LogP contribution in [0.4, 0.5) is 26.3 Å². The summed E-state index contributed by atoms with van der Waals surface area (Å²) in [4.78, 5) is 5.23. The maximum atomic E-state index is 12.4. The third kappa shape index (κ3) is 8.12. The van der Waals surface area contributed by atoms with Crippen molar-refractivity contribution in [1.82, 2.24) is 4.98 Å². The van der Waals surface area contributed by atoms with Crippen LogP contribution in [0, 0.1) is 6.92 Å². The Kier molecular flexibility index (Phi) is 9.50. The molecule has 0 aliphatic rings. The highest BCUT2D eigenvalue weighted by Crippen LogP contribution is 2.34. The Morgan fingerprint density at radius 2 is 1.16 bits per heavy atom. The van der Waals surface area contributed by atoms with Crippen molar-refractivity contribution in [2.45, 2.75) is 31.0 Å². The van der Waals surface area contributed by atoms with Crippen LogP contribution in [0.5, 0.6) is 11.5 Å². The number of alkyl halides is 8. The molecule has 196 valence electrons. The van der Waals surface area contributed by atoms with E-state index in [1.165, 1.54) is 35.6 Å². The molecule has 11 heteroatoms. The quantitative estimate of drug-likeness (QED) is 0.174. The number of hydrogen-bond acceptors (Lipinski definition) is 3. The number of ether oxygens (including phenoxy) is 1. The van der Waals surface area contributed by atoms with E-state index in [2.05, 4.69) is 4.98 Å². The standard InChI is InChI=1S/C14H10ClF3O.C12H9ClF3NS/c15-9-10-1-5-12(6-2-10)19-13-7-3-11(4-8-13)14(16,17)18;1-7-10(6-13)18-11(17-7)8-2-4-9(5-3-8)12(14,15)16/h1-8H,9H2;2-5H,6H2,1H3. The molecule has 1 aromatic heterocycles. The molecule has 0 radical (unpaired) electrons. The van der Waals surface area contributed by atoms with Gasteiger partial charge in [-0.05, 0) is 61.0 Å². The Labute approximate surface area is 223 Å². The first-order valence-corrected chi connectivity index (χ1v) is 12.5. The first-order chi connectivity index (χ1) is 17.4. The highest BCUT2D eigenvalue weighted by Gasteiger charge is 2.30. The molecule has 0 unspecified atom stereocenters. The van der Waals surface area contributed by atoms with Gasteiger partial charge in [0.2, 0.25) is 0 Å². The number of hydrogen-bond donors (Lipinski definition) is 0. The fourth-order valence-electron chi connectivity index (χ4n) is 2.97. The van der Waals surface area contributed by atoms with Crippen LogP contribution < -0.4 is 4.74 Å². The number of rotatable bonds is 5. The van der Waals surface area contributed by atoms with E-state index in [1.54, 1.807) is 24.3 Å². The summed E-state index contributed by atoms with van der Waals surface area (Å²) in [5.41, 5.74) is 1.09. The van der Waals surface area contributed by atoms with Crippen molar-refractivity contribution < 1.29 is 31.1 Å². The molecule has 0 saturated heterocycles. The molecule has 0 aliphatic heterocycles. The van der Waals surface area contributed by atoms with Crippen molar-refractivity contribution in [3.05, 3.63) is 100 Å². The van der Waals surface area contributed by atoms with E-state index in [4.69, 9.17) is 27.9 Å². The van der Waals surface area contributed by atoms with Crippen LogP contribution in [0.2, 0.25) is 0 Å². The molecular weight excluding hydrogens is 559 g/mol. The largest absolute Gasteiger partial charge is 0.457 e. The van der Waals surface area contributed by atoms with Gasteiger partial charge in [-0.1, -0.05) is 24.3 Å². The lowest BCUT2D eigenvalue weighted by atomic mass is 10.1. The summed E-state index contributed by atoms with van der Waals surface area (Å²) in [6.07, 6.45) is -8.64. The first kappa shape index (κ1) is 28.8.